The Morgan fingerprint density at radius 2 is 1.80 bits per heavy atom. The number of allylic oxidation sites excluding steroid dienone is 1. The Morgan fingerprint density at radius 3 is 2.55 bits per heavy atom. The number of ether oxygens (including phenoxy) is 1. The standard InChI is InChI=1S/C32H35N5O3/c1-2-21-3-4-22-5-8-24(25-15-28(18-33-17-25)36-31(38)23-6-7-23)16-29(22)30(21)32(39)35-26-9-10-27(34-19-26)20-37-11-13-40-14-12-37/h5,8-10,15-19,23H,2-4,6-7,11-14,20H2,1H3,(H,35,39)(H,36,38). The van der Waals surface area contributed by atoms with Crippen molar-refractivity contribution in [3.8, 4) is 11.1 Å². The van der Waals surface area contributed by atoms with Gasteiger partial charge in [0.05, 0.1) is 42.7 Å². The summed E-state index contributed by atoms with van der Waals surface area (Å²) in [6.45, 7) is 6.21. The fourth-order valence-corrected chi connectivity index (χ4v) is 5.47. The predicted octanol–water partition coefficient (Wildman–Crippen LogP) is 5.07. The van der Waals surface area contributed by atoms with Gasteiger partial charge in [0.1, 0.15) is 0 Å². The number of aromatic nitrogens is 2. The summed E-state index contributed by atoms with van der Waals surface area (Å²) in [6, 6.07) is 12.1. The largest absolute Gasteiger partial charge is 0.379 e. The van der Waals surface area contributed by atoms with Crippen LogP contribution in [0.15, 0.2) is 60.6 Å². The number of fused-ring (bicyclic) bond motifs is 1. The number of hydrogen-bond donors (Lipinski definition) is 2. The summed E-state index contributed by atoms with van der Waals surface area (Å²) in [5, 5.41) is 6.09. The molecule has 3 aromatic rings. The lowest BCUT2D eigenvalue weighted by molar-refractivity contribution is -0.117. The van der Waals surface area contributed by atoms with Gasteiger partial charge in [-0.3, -0.25) is 24.5 Å². The molecule has 2 N–H and O–H groups in total. The van der Waals surface area contributed by atoms with Gasteiger partial charge in [-0.2, -0.15) is 0 Å². The molecule has 3 aliphatic rings. The number of nitrogens with one attached hydrogen (secondary N) is 2. The molecule has 1 aliphatic heterocycles. The number of hydrogen-bond acceptors (Lipinski definition) is 6. The molecular formula is C32H35N5O3. The van der Waals surface area contributed by atoms with Gasteiger partial charge in [0.25, 0.3) is 5.91 Å². The second-order valence-electron chi connectivity index (χ2n) is 10.8. The van der Waals surface area contributed by atoms with Gasteiger partial charge in [-0.05, 0) is 73.1 Å². The number of pyridine rings is 2. The second-order valence-corrected chi connectivity index (χ2v) is 10.8. The van der Waals surface area contributed by atoms with Crippen LogP contribution in [0.5, 0.6) is 0 Å². The van der Waals surface area contributed by atoms with Crippen LogP contribution in [0.25, 0.3) is 16.7 Å². The topological polar surface area (TPSA) is 96.5 Å². The van der Waals surface area contributed by atoms with E-state index in [9.17, 15) is 9.59 Å². The van der Waals surface area contributed by atoms with Gasteiger partial charge in [-0.15, -0.1) is 0 Å². The lowest BCUT2D eigenvalue weighted by Crippen LogP contribution is -2.35. The van der Waals surface area contributed by atoms with E-state index >= 15 is 0 Å². The second kappa shape index (κ2) is 11.7. The number of carbonyl (C=O) groups is 2. The van der Waals surface area contributed by atoms with E-state index in [0.717, 1.165) is 104 Å². The zero-order valence-corrected chi connectivity index (χ0v) is 22.9. The molecule has 0 bridgehead atoms. The summed E-state index contributed by atoms with van der Waals surface area (Å²) in [5.74, 6) is 0.0750. The van der Waals surface area contributed by atoms with Crippen LogP contribution >= 0.6 is 0 Å². The number of carbonyl (C=O) groups excluding carboxylic acids is 2. The van der Waals surface area contributed by atoms with E-state index < -0.39 is 0 Å². The van der Waals surface area contributed by atoms with E-state index in [0.29, 0.717) is 11.4 Å². The van der Waals surface area contributed by atoms with Crippen LogP contribution < -0.4 is 10.6 Å². The Balaban J connectivity index is 1.22. The zero-order chi connectivity index (χ0) is 27.5. The highest BCUT2D eigenvalue weighted by molar-refractivity contribution is 6.26. The average molecular weight is 538 g/mol. The first-order valence-electron chi connectivity index (χ1n) is 14.3. The molecule has 0 radical (unpaired) electrons. The van der Waals surface area contributed by atoms with Crippen LogP contribution in [0.3, 0.4) is 0 Å². The minimum atomic E-state index is -0.110. The predicted molar refractivity (Wildman–Crippen MR) is 156 cm³/mol. The summed E-state index contributed by atoms with van der Waals surface area (Å²) in [6.07, 6.45) is 9.71. The smallest absolute Gasteiger partial charge is 0.256 e. The van der Waals surface area contributed by atoms with E-state index in [1.165, 1.54) is 0 Å². The highest BCUT2D eigenvalue weighted by atomic mass is 16.5. The highest BCUT2D eigenvalue weighted by Gasteiger charge is 2.30. The van der Waals surface area contributed by atoms with Gasteiger partial charge in [0.2, 0.25) is 5.91 Å². The molecule has 1 saturated carbocycles. The van der Waals surface area contributed by atoms with Crippen molar-refractivity contribution >= 4 is 28.8 Å². The van der Waals surface area contributed by atoms with Crippen LogP contribution in [-0.4, -0.2) is 53.0 Å². The maximum absolute atomic E-state index is 13.7. The molecule has 1 aromatic carbocycles. The van der Waals surface area contributed by atoms with Crippen LogP contribution in [0, 0.1) is 5.92 Å². The Labute approximate surface area is 234 Å². The molecule has 2 amide bonds. The van der Waals surface area contributed by atoms with Crippen molar-refractivity contribution < 1.29 is 14.3 Å². The van der Waals surface area contributed by atoms with Crippen LogP contribution in [0.1, 0.15) is 49.4 Å². The molecule has 1 saturated heterocycles. The molecule has 2 fully saturated rings. The van der Waals surface area contributed by atoms with Crippen molar-refractivity contribution in [2.45, 2.75) is 45.6 Å². The van der Waals surface area contributed by atoms with Gasteiger partial charge in [0, 0.05) is 42.9 Å². The minimum absolute atomic E-state index is 0.0579. The van der Waals surface area contributed by atoms with Gasteiger partial charge in [-0.25, -0.2) is 0 Å². The van der Waals surface area contributed by atoms with Gasteiger partial charge < -0.3 is 15.4 Å². The van der Waals surface area contributed by atoms with Crippen LogP contribution in [-0.2, 0) is 27.3 Å². The summed E-state index contributed by atoms with van der Waals surface area (Å²) >= 11 is 0. The summed E-state index contributed by atoms with van der Waals surface area (Å²) in [5.41, 5.74) is 8.25. The molecule has 40 heavy (non-hydrogen) atoms. The third-order valence-electron chi connectivity index (χ3n) is 7.94. The molecule has 8 nitrogen and oxygen atoms in total. The molecule has 2 aliphatic carbocycles. The Morgan fingerprint density at radius 1 is 0.950 bits per heavy atom. The fraction of sp³-hybridized carbons (Fsp3) is 0.375. The molecular weight excluding hydrogens is 502 g/mol. The number of nitrogens with zero attached hydrogens (tertiary/aromatic N) is 3. The third kappa shape index (κ3) is 5.98. The van der Waals surface area contributed by atoms with Crippen molar-refractivity contribution in [2.24, 2.45) is 5.92 Å². The van der Waals surface area contributed by atoms with Crippen molar-refractivity contribution in [3.05, 3.63) is 77.4 Å². The quantitative estimate of drug-likeness (QED) is 0.416. The molecule has 8 heteroatoms. The van der Waals surface area contributed by atoms with Crippen molar-refractivity contribution in [1.82, 2.24) is 14.9 Å². The number of benzene rings is 1. The number of amides is 2. The van der Waals surface area contributed by atoms with E-state index in [2.05, 4.69) is 50.6 Å². The first-order chi connectivity index (χ1) is 19.6. The van der Waals surface area contributed by atoms with Gasteiger partial charge >= 0.3 is 0 Å². The lowest BCUT2D eigenvalue weighted by Gasteiger charge is -2.26. The molecule has 6 rings (SSSR count). The molecule has 3 heterocycles. The molecule has 0 atom stereocenters. The van der Waals surface area contributed by atoms with Crippen molar-refractivity contribution in [3.63, 3.8) is 0 Å². The summed E-state index contributed by atoms with van der Waals surface area (Å²) < 4.78 is 5.43. The summed E-state index contributed by atoms with van der Waals surface area (Å²) in [4.78, 5) is 37.3. The van der Waals surface area contributed by atoms with Crippen molar-refractivity contribution in [1.29, 1.82) is 0 Å². The molecule has 206 valence electrons. The maximum Gasteiger partial charge on any atom is 0.256 e. The van der Waals surface area contributed by atoms with Crippen LogP contribution in [0.4, 0.5) is 11.4 Å². The Hall–Kier alpha value is -3.88. The van der Waals surface area contributed by atoms with Gasteiger partial charge in [-0.1, -0.05) is 24.6 Å². The number of anilines is 2. The molecule has 2 aromatic heterocycles. The first kappa shape index (κ1) is 26.3. The zero-order valence-electron chi connectivity index (χ0n) is 22.9. The van der Waals surface area contributed by atoms with E-state index in [-0.39, 0.29) is 17.7 Å². The van der Waals surface area contributed by atoms with E-state index in [1.54, 1.807) is 18.6 Å². The highest BCUT2D eigenvalue weighted by Crippen LogP contribution is 2.37. The maximum atomic E-state index is 13.7. The Bertz CT molecular complexity index is 1440. The Kier molecular flexibility index (Phi) is 7.71. The molecule has 0 unspecified atom stereocenters. The fourth-order valence-electron chi connectivity index (χ4n) is 5.47. The third-order valence-corrected chi connectivity index (χ3v) is 7.94. The van der Waals surface area contributed by atoms with E-state index in [4.69, 9.17) is 4.74 Å². The number of rotatable bonds is 8. The SMILES string of the molecule is CCC1=C(C(=O)Nc2ccc(CN3CCOCC3)nc2)c2cc(-c3cncc(NC(=O)C4CC4)c3)ccc2CC1. The van der Waals surface area contributed by atoms with Gasteiger partial charge in [0.15, 0.2) is 0 Å². The monoisotopic (exact) mass is 537 g/mol. The first-order valence-corrected chi connectivity index (χ1v) is 14.3. The molecule has 0 spiro atoms. The summed E-state index contributed by atoms with van der Waals surface area (Å²) in [7, 11) is 0. The van der Waals surface area contributed by atoms with E-state index in [1.807, 2.05) is 18.2 Å². The number of aryl methyl sites for hydroxylation is 1. The minimum Gasteiger partial charge on any atom is -0.379 e. The van der Waals surface area contributed by atoms with Crippen LogP contribution in [0.2, 0.25) is 0 Å². The lowest BCUT2D eigenvalue weighted by atomic mass is 9.82. The van der Waals surface area contributed by atoms with Crippen molar-refractivity contribution in [2.75, 3.05) is 36.9 Å². The number of morpholine rings is 1. The average Bonchev–Trinajstić information content (AvgIpc) is 3.84. The normalized spacial score (nSPS) is 17.3.